The predicted molar refractivity (Wildman–Crippen MR) is 123 cm³/mol. The van der Waals surface area contributed by atoms with Crippen molar-refractivity contribution in [3.63, 3.8) is 0 Å². The minimum atomic E-state index is -3.69. The van der Waals surface area contributed by atoms with E-state index in [1.54, 1.807) is 6.07 Å². The highest BCUT2D eigenvalue weighted by Crippen LogP contribution is 2.40. The van der Waals surface area contributed by atoms with Crippen molar-refractivity contribution in [1.82, 2.24) is 4.31 Å². The first-order valence-electron chi connectivity index (χ1n) is 10.2. The second-order valence-corrected chi connectivity index (χ2v) is 13.2. The Balaban J connectivity index is 1.52. The van der Waals surface area contributed by atoms with E-state index in [1.165, 1.54) is 21.7 Å². The van der Waals surface area contributed by atoms with Crippen molar-refractivity contribution in [3.8, 4) is 0 Å². The summed E-state index contributed by atoms with van der Waals surface area (Å²) in [5.74, 6) is -0.793. The van der Waals surface area contributed by atoms with Gasteiger partial charge in [0.1, 0.15) is 9.21 Å². The lowest BCUT2D eigenvalue weighted by Gasteiger charge is -2.30. The van der Waals surface area contributed by atoms with Crippen molar-refractivity contribution in [2.24, 2.45) is 17.6 Å². The number of hydrogen-bond donors (Lipinski definition) is 2. The van der Waals surface area contributed by atoms with Gasteiger partial charge in [0, 0.05) is 18.0 Å². The molecule has 168 valence electrons. The summed E-state index contributed by atoms with van der Waals surface area (Å²) in [7, 11) is -3.69. The van der Waals surface area contributed by atoms with Gasteiger partial charge in [0.15, 0.2) is 0 Å². The van der Waals surface area contributed by atoms with Crippen LogP contribution in [0, 0.1) is 11.8 Å². The maximum atomic E-state index is 13.0. The van der Waals surface area contributed by atoms with Crippen LogP contribution in [0.1, 0.15) is 47.0 Å². The molecule has 1 aliphatic carbocycles. The van der Waals surface area contributed by atoms with Gasteiger partial charge in [-0.05, 0) is 55.7 Å². The lowest BCUT2D eigenvalue weighted by Crippen LogP contribution is -2.43. The van der Waals surface area contributed by atoms with Crippen molar-refractivity contribution >= 4 is 61.1 Å². The molecular weight excluding hydrogens is 478 g/mol. The molecule has 2 aliphatic rings. The highest BCUT2D eigenvalue weighted by atomic mass is 35.5. The Hall–Kier alpha value is -1.46. The number of rotatable bonds is 5. The maximum Gasteiger partial charge on any atom is 0.252 e. The number of carbonyl (C=O) groups is 2. The Morgan fingerprint density at radius 2 is 2.03 bits per heavy atom. The molecule has 0 spiro atoms. The second kappa shape index (κ2) is 8.82. The summed E-state index contributed by atoms with van der Waals surface area (Å²) >= 11 is 8.32. The van der Waals surface area contributed by atoms with Crippen LogP contribution >= 0.6 is 34.3 Å². The van der Waals surface area contributed by atoms with E-state index in [1.807, 2.05) is 0 Å². The molecule has 0 saturated carbocycles. The van der Waals surface area contributed by atoms with E-state index in [0.29, 0.717) is 40.2 Å². The highest BCUT2D eigenvalue weighted by Gasteiger charge is 2.35. The monoisotopic (exact) mass is 501 g/mol. The lowest BCUT2D eigenvalue weighted by molar-refractivity contribution is -0.120. The summed E-state index contributed by atoms with van der Waals surface area (Å²) in [6.07, 6.45) is 3.79. The van der Waals surface area contributed by atoms with E-state index in [0.717, 1.165) is 41.0 Å². The third-order valence-corrected chi connectivity index (χ3v) is 10.6. The molecule has 0 radical (unpaired) electrons. The van der Waals surface area contributed by atoms with Gasteiger partial charge in [-0.2, -0.15) is 4.31 Å². The smallest absolute Gasteiger partial charge is 0.252 e. The number of nitrogens with one attached hydrogen (secondary N) is 1. The zero-order valence-electron chi connectivity index (χ0n) is 17.0. The molecule has 3 N–H and O–H groups in total. The van der Waals surface area contributed by atoms with Crippen LogP contribution in [0.5, 0.6) is 0 Å². The quantitative estimate of drug-likeness (QED) is 0.650. The summed E-state index contributed by atoms with van der Waals surface area (Å²) in [5.41, 5.74) is 7.00. The fraction of sp³-hybridized carbons (Fsp3) is 0.500. The number of carbonyl (C=O) groups excluding carboxylic acids is 2. The number of halogens is 1. The number of primary amides is 1. The molecule has 1 saturated heterocycles. The molecule has 3 heterocycles. The van der Waals surface area contributed by atoms with Gasteiger partial charge >= 0.3 is 0 Å². The van der Waals surface area contributed by atoms with Crippen molar-refractivity contribution in [1.29, 1.82) is 0 Å². The summed E-state index contributed by atoms with van der Waals surface area (Å²) in [6.45, 7) is 2.62. The number of sulfonamides is 1. The molecule has 1 aliphatic heterocycles. The molecule has 2 unspecified atom stereocenters. The van der Waals surface area contributed by atoms with Gasteiger partial charge in [-0.3, -0.25) is 9.59 Å². The molecule has 2 atom stereocenters. The first kappa shape index (κ1) is 22.7. The molecule has 11 heteroatoms. The largest absolute Gasteiger partial charge is 0.365 e. The molecule has 1 fully saturated rings. The number of nitrogens with zero attached hydrogens (tertiary/aromatic N) is 1. The van der Waals surface area contributed by atoms with E-state index in [4.69, 9.17) is 17.3 Å². The van der Waals surface area contributed by atoms with E-state index in [-0.39, 0.29) is 16.7 Å². The molecule has 0 bridgehead atoms. The Morgan fingerprint density at radius 1 is 1.26 bits per heavy atom. The van der Waals surface area contributed by atoms with E-state index in [9.17, 15) is 18.0 Å². The first-order chi connectivity index (χ1) is 14.7. The van der Waals surface area contributed by atoms with Crippen LogP contribution in [0.4, 0.5) is 5.00 Å². The van der Waals surface area contributed by atoms with Crippen LogP contribution in [-0.2, 0) is 27.7 Å². The minimum absolute atomic E-state index is 0.0950. The highest BCUT2D eigenvalue weighted by molar-refractivity contribution is 7.91. The Morgan fingerprint density at radius 3 is 2.71 bits per heavy atom. The molecule has 31 heavy (non-hydrogen) atoms. The number of thiophene rings is 2. The number of nitrogens with two attached hydrogens (primary N) is 1. The fourth-order valence-corrected chi connectivity index (χ4v) is 8.83. The van der Waals surface area contributed by atoms with E-state index >= 15 is 0 Å². The van der Waals surface area contributed by atoms with Crippen molar-refractivity contribution in [2.45, 2.75) is 43.2 Å². The molecule has 4 rings (SSSR count). The molecular formula is C20H24ClN3O4S3. The Kier molecular flexibility index (Phi) is 6.47. The van der Waals surface area contributed by atoms with Gasteiger partial charge in [0.2, 0.25) is 5.91 Å². The predicted octanol–water partition coefficient (Wildman–Crippen LogP) is 3.73. The number of fused-ring (bicyclic) bond motifs is 1. The van der Waals surface area contributed by atoms with Crippen LogP contribution in [0.25, 0.3) is 0 Å². The van der Waals surface area contributed by atoms with E-state index < -0.39 is 21.8 Å². The third kappa shape index (κ3) is 4.54. The van der Waals surface area contributed by atoms with Crippen LogP contribution in [0.2, 0.25) is 4.34 Å². The van der Waals surface area contributed by atoms with Crippen molar-refractivity contribution < 1.29 is 18.0 Å². The number of piperidine rings is 1. The van der Waals surface area contributed by atoms with E-state index in [2.05, 4.69) is 12.2 Å². The molecule has 0 aromatic carbocycles. The summed E-state index contributed by atoms with van der Waals surface area (Å²) in [5, 5.41) is 3.38. The minimum Gasteiger partial charge on any atom is -0.365 e. The van der Waals surface area contributed by atoms with Gasteiger partial charge in [-0.25, -0.2) is 8.42 Å². The Bertz CT molecular complexity index is 1120. The average Bonchev–Trinajstić information content (AvgIpc) is 3.31. The van der Waals surface area contributed by atoms with Crippen molar-refractivity contribution in [2.75, 3.05) is 18.4 Å². The van der Waals surface area contributed by atoms with Gasteiger partial charge in [0.05, 0.1) is 15.8 Å². The van der Waals surface area contributed by atoms with Crippen LogP contribution in [0.3, 0.4) is 0 Å². The van der Waals surface area contributed by atoms with Gasteiger partial charge in [-0.15, -0.1) is 22.7 Å². The normalized spacial score (nSPS) is 22.1. The second-order valence-electron chi connectivity index (χ2n) is 8.17. The SMILES string of the molecule is CC1CCc2c(sc(NC(=O)C3CCCN(S(=O)(=O)c4ccc(Cl)s4)C3)c2C(N)=O)C1. The van der Waals surface area contributed by atoms with Crippen LogP contribution < -0.4 is 11.1 Å². The zero-order chi connectivity index (χ0) is 22.3. The van der Waals surface area contributed by atoms with Gasteiger partial charge < -0.3 is 11.1 Å². The van der Waals surface area contributed by atoms with Gasteiger partial charge in [-0.1, -0.05) is 18.5 Å². The molecule has 7 nitrogen and oxygen atoms in total. The molecule has 2 amide bonds. The first-order valence-corrected chi connectivity index (χ1v) is 13.6. The number of hydrogen-bond acceptors (Lipinski definition) is 6. The fourth-order valence-electron chi connectivity index (χ4n) is 4.25. The molecule has 2 aromatic rings. The summed E-state index contributed by atoms with van der Waals surface area (Å²) in [6, 6.07) is 3.04. The lowest BCUT2D eigenvalue weighted by atomic mass is 9.88. The molecule has 2 aromatic heterocycles. The number of amides is 2. The standard InChI is InChI=1S/C20H24ClN3O4S3/c1-11-4-5-13-14(9-11)29-20(17(13)18(22)25)23-19(26)12-3-2-8-24(10-12)31(27,28)16-7-6-15(21)30-16/h6-7,11-12H,2-5,8-10H2,1H3,(H2,22,25)(H,23,26). The van der Waals surface area contributed by atoms with Gasteiger partial charge in [0.25, 0.3) is 15.9 Å². The Labute approximate surface area is 194 Å². The van der Waals surface area contributed by atoms with Crippen molar-refractivity contribution in [3.05, 3.63) is 32.5 Å². The zero-order valence-corrected chi connectivity index (χ0v) is 20.2. The van der Waals surface area contributed by atoms with Crippen LogP contribution in [0.15, 0.2) is 16.3 Å². The summed E-state index contributed by atoms with van der Waals surface area (Å²) < 4.78 is 27.8. The average molecular weight is 502 g/mol. The number of anilines is 1. The third-order valence-electron chi connectivity index (χ3n) is 5.89. The van der Waals surface area contributed by atoms with Crippen LogP contribution in [-0.4, -0.2) is 37.6 Å². The topological polar surface area (TPSA) is 110 Å². The maximum absolute atomic E-state index is 13.0. The summed E-state index contributed by atoms with van der Waals surface area (Å²) in [4.78, 5) is 26.3.